The first-order chi connectivity index (χ1) is 8.49. The van der Waals surface area contributed by atoms with Crippen molar-refractivity contribution in [2.45, 2.75) is 32.7 Å². The fraction of sp³-hybridized carbons (Fsp3) is 0.357. The van der Waals surface area contributed by atoms with Crippen LogP contribution in [0.3, 0.4) is 0 Å². The van der Waals surface area contributed by atoms with E-state index in [-0.39, 0.29) is 11.6 Å². The van der Waals surface area contributed by atoms with E-state index in [9.17, 15) is 9.18 Å². The molecule has 0 aliphatic rings. The molecule has 0 fully saturated rings. The highest BCUT2D eigenvalue weighted by Gasteiger charge is 2.17. The minimum atomic E-state index is -0.544. The van der Waals surface area contributed by atoms with Gasteiger partial charge in [-0.15, -0.1) is 12.3 Å². The zero-order valence-electron chi connectivity index (χ0n) is 10.6. The Balaban J connectivity index is 2.94. The van der Waals surface area contributed by atoms with Crippen LogP contribution in [-0.4, -0.2) is 11.9 Å². The Labute approximate surface area is 107 Å². The first-order valence-electron chi connectivity index (χ1n) is 5.79. The topological polar surface area (TPSA) is 55.1 Å². The van der Waals surface area contributed by atoms with E-state index in [1.54, 1.807) is 6.92 Å². The van der Waals surface area contributed by atoms with Gasteiger partial charge in [-0.3, -0.25) is 4.79 Å². The summed E-state index contributed by atoms with van der Waals surface area (Å²) in [5.41, 5.74) is 6.29. The Morgan fingerprint density at radius 1 is 1.61 bits per heavy atom. The van der Waals surface area contributed by atoms with Crippen LogP contribution in [0, 0.1) is 25.1 Å². The van der Waals surface area contributed by atoms with Crippen molar-refractivity contribution < 1.29 is 9.18 Å². The Morgan fingerprint density at radius 2 is 2.28 bits per heavy atom. The minimum absolute atomic E-state index is 0.0389. The van der Waals surface area contributed by atoms with Crippen molar-refractivity contribution in [2.75, 3.05) is 5.73 Å². The third kappa shape index (κ3) is 3.24. The molecule has 1 amide bonds. The molecule has 4 heteroatoms. The summed E-state index contributed by atoms with van der Waals surface area (Å²) in [6, 6.07) is 2.68. The molecule has 0 aromatic heterocycles. The molecule has 0 bridgehead atoms. The number of hydrogen-bond donors (Lipinski definition) is 2. The van der Waals surface area contributed by atoms with Gasteiger partial charge in [0.05, 0.1) is 5.56 Å². The van der Waals surface area contributed by atoms with Crippen molar-refractivity contribution in [1.29, 1.82) is 0 Å². The van der Waals surface area contributed by atoms with Gasteiger partial charge in [0.15, 0.2) is 0 Å². The lowest BCUT2D eigenvalue weighted by Crippen LogP contribution is -2.34. The van der Waals surface area contributed by atoms with Crippen LogP contribution < -0.4 is 11.1 Å². The molecule has 1 atom stereocenters. The van der Waals surface area contributed by atoms with Crippen molar-refractivity contribution >= 4 is 11.6 Å². The molecule has 0 radical (unpaired) electrons. The van der Waals surface area contributed by atoms with E-state index >= 15 is 0 Å². The maximum absolute atomic E-state index is 13.8. The van der Waals surface area contributed by atoms with Crippen molar-refractivity contribution in [3.05, 3.63) is 29.1 Å². The molecule has 0 spiro atoms. The van der Waals surface area contributed by atoms with Crippen LogP contribution in [0.1, 0.15) is 35.7 Å². The van der Waals surface area contributed by atoms with Crippen LogP contribution in [0.4, 0.5) is 10.1 Å². The standard InChI is InChI=1S/C14H17FN2O/c1-4-6-11(5-2)17-14(18)12-8-10(16)7-9(3)13(12)15/h1,7-8,11H,5-6,16H2,2-3H3,(H,17,18). The molecular formula is C14H17FN2O. The molecule has 3 nitrogen and oxygen atoms in total. The number of carbonyl (C=O) groups is 1. The largest absolute Gasteiger partial charge is 0.399 e. The van der Waals surface area contributed by atoms with Crippen LogP contribution in [0.25, 0.3) is 0 Å². The summed E-state index contributed by atoms with van der Waals surface area (Å²) >= 11 is 0. The normalized spacial score (nSPS) is 11.7. The number of terminal acetylenes is 1. The van der Waals surface area contributed by atoms with Gasteiger partial charge in [0.25, 0.3) is 5.91 Å². The number of benzene rings is 1. The average molecular weight is 248 g/mol. The number of carbonyl (C=O) groups excluding carboxylic acids is 1. The number of aryl methyl sites for hydroxylation is 1. The van der Waals surface area contributed by atoms with Gasteiger partial charge in [-0.25, -0.2) is 4.39 Å². The van der Waals surface area contributed by atoms with Gasteiger partial charge < -0.3 is 11.1 Å². The van der Waals surface area contributed by atoms with Crippen molar-refractivity contribution in [3.8, 4) is 12.3 Å². The molecular weight excluding hydrogens is 231 g/mol. The minimum Gasteiger partial charge on any atom is -0.399 e. The quantitative estimate of drug-likeness (QED) is 0.634. The molecule has 0 saturated carbocycles. The van der Waals surface area contributed by atoms with Gasteiger partial charge in [-0.2, -0.15) is 0 Å². The summed E-state index contributed by atoms with van der Waals surface area (Å²) in [6.45, 7) is 3.48. The Kier molecular flexibility index (Phi) is 4.73. The monoisotopic (exact) mass is 248 g/mol. The maximum Gasteiger partial charge on any atom is 0.254 e. The second-order valence-electron chi connectivity index (χ2n) is 4.19. The first-order valence-corrected chi connectivity index (χ1v) is 5.79. The second-order valence-corrected chi connectivity index (χ2v) is 4.19. The van der Waals surface area contributed by atoms with Gasteiger partial charge >= 0.3 is 0 Å². The van der Waals surface area contributed by atoms with Crippen LogP contribution in [0.15, 0.2) is 12.1 Å². The predicted molar refractivity (Wildman–Crippen MR) is 70.5 cm³/mol. The van der Waals surface area contributed by atoms with Crippen molar-refractivity contribution in [2.24, 2.45) is 0 Å². The predicted octanol–water partition coefficient (Wildman–Crippen LogP) is 2.25. The summed E-state index contributed by atoms with van der Waals surface area (Å²) in [5, 5.41) is 2.70. The zero-order valence-corrected chi connectivity index (χ0v) is 10.6. The lowest BCUT2D eigenvalue weighted by atomic mass is 10.1. The number of nitrogens with two attached hydrogens (primary N) is 1. The van der Waals surface area contributed by atoms with E-state index in [1.165, 1.54) is 12.1 Å². The fourth-order valence-electron chi connectivity index (χ4n) is 1.67. The number of hydrogen-bond acceptors (Lipinski definition) is 2. The Hall–Kier alpha value is -2.02. The number of anilines is 1. The molecule has 1 aromatic carbocycles. The number of nitrogen functional groups attached to an aromatic ring is 1. The van der Waals surface area contributed by atoms with Crippen LogP contribution in [0.5, 0.6) is 0 Å². The fourth-order valence-corrected chi connectivity index (χ4v) is 1.67. The number of rotatable bonds is 4. The van der Waals surface area contributed by atoms with Gasteiger partial charge in [0.2, 0.25) is 0 Å². The highest BCUT2D eigenvalue weighted by Crippen LogP contribution is 2.17. The maximum atomic E-state index is 13.8. The molecule has 0 heterocycles. The number of nitrogens with one attached hydrogen (secondary N) is 1. The number of halogens is 1. The van der Waals surface area contributed by atoms with E-state index in [0.717, 1.165) is 0 Å². The molecule has 3 N–H and O–H groups in total. The molecule has 1 unspecified atom stereocenters. The summed E-state index contributed by atoms with van der Waals surface area (Å²) in [5.74, 6) is 1.45. The SMILES string of the molecule is C#CCC(CC)NC(=O)c1cc(N)cc(C)c1F. The lowest BCUT2D eigenvalue weighted by Gasteiger charge is -2.15. The highest BCUT2D eigenvalue weighted by molar-refractivity contribution is 5.95. The van der Waals surface area contributed by atoms with Crippen molar-refractivity contribution in [1.82, 2.24) is 5.32 Å². The molecule has 1 aromatic rings. The Morgan fingerprint density at radius 3 is 2.83 bits per heavy atom. The summed E-state index contributed by atoms with van der Waals surface area (Å²) < 4.78 is 13.8. The molecule has 1 rings (SSSR count). The highest BCUT2D eigenvalue weighted by atomic mass is 19.1. The van der Waals surface area contributed by atoms with Crippen LogP contribution in [-0.2, 0) is 0 Å². The van der Waals surface area contributed by atoms with Crippen LogP contribution >= 0.6 is 0 Å². The second kappa shape index (κ2) is 6.06. The summed E-state index contributed by atoms with van der Waals surface area (Å²) in [7, 11) is 0. The zero-order chi connectivity index (χ0) is 13.7. The summed E-state index contributed by atoms with van der Waals surface area (Å²) in [6.07, 6.45) is 6.32. The van der Waals surface area contributed by atoms with Gasteiger partial charge in [0, 0.05) is 18.2 Å². The molecule has 18 heavy (non-hydrogen) atoms. The molecule has 0 saturated heterocycles. The summed E-state index contributed by atoms with van der Waals surface area (Å²) in [4.78, 5) is 11.9. The van der Waals surface area contributed by atoms with E-state index in [2.05, 4.69) is 11.2 Å². The third-order valence-corrected chi connectivity index (χ3v) is 2.71. The smallest absolute Gasteiger partial charge is 0.254 e. The first kappa shape index (κ1) is 14.0. The number of amides is 1. The van der Waals surface area contributed by atoms with Gasteiger partial charge in [0.1, 0.15) is 5.82 Å². The molecule has 0 aliphatic carbocycles. The average Bonchev–Trinajstić information content (AvgIpc) is 2.32. The Bertz CT molecular complexity index is 491. The van der Waals surface area contributed by atoms with Crippen molar-refractivity contribution in [3.63, 3.8) is 0 Å². The van der Waals surface area contributed by atoms with E-state index < -0.39 is 11.7 Å². The van der Waals surface area contributed by atoms with E-state index in [0.29, 0.717) is 24.1 Å². The third-order valence-electron chi connectivity index (χ3n) is 2.71. The molecule has 0 aliphatic heterocycles. The molecule has 96 valence electrons. The van der Waals surface area contributed by atoms with Gasteiger partial charge in [-0.05, 0) is 31.0 Å². The van der Waals surface area contributed by atoms with E-state index in [4.69, 9.17) is 12.2 Å². The lowest BCUT2D eigenvalue weighted by molar-refractivity contribution is 0.0932. The van der Waals surface area contributed by atoms with Crippen LogP contribution in [0.2, 0.25) is 0 Å². The van der Waals surface area contributed by atoms with Gasteiger partial charge in [-0.1, -0.05) is 6.92 Å². The van der Waals surface area contributed by atoms with E-state index in [1.807, 2.05) is 6.92 Å².